The molecule has 0 radical (unpaired) electrons. The summed E-state index contributed by atoms with van der Waals surface area (Å²) in [5.41, 5.74) is 4.10. The van der Waals surface area contributed by atoms with Crippen LogP contribution < -0.4 is 11.3 Å². The molecule has 1 atom stereocenters. The summed E-state index contributed by atoms with van der Waals surface area (Å²) in [5, 5.41) is 2.41. The predicted molar refractivity (Wildman–Crippen MR) is 71.3 cm³/mol. The minimum atomic E-state index is 0.188. The number of pyridine rings is 1. The number of unbranched alkanes of at least 4 members (excludes halogenated alkanes) is 1. The van der Waals surface area contributed by atoms with Gasteiger partial charge in [-0.15, -0.1) is 0 Å². The van der Waals surface area contributed by atoms with Gasteiger partial charge in [-0.3, -0.25) is 16.3 Å². The molecular formula is C14H19N3. The van der Waals surface area contributed by atoms with Crippen LogP contribution in [0.5, 0.6) is 0 Å². The summed E-state index contributed by atoms with van der Waals surface area (Å²) >= 11 is 0. The maximum atomic E-state index is 5.66. The van der Waals surface area contributed by atoms with Crippen molar-refractivity contribution in [3.63, 3.8) is 0 Å². The van der Waals surface area contributed by atoms with Gasteiger partial charge in [0, 0.05) is 23.8 Å². The lowest BCUT2D eigenvalue weighted by molar-refractivity contribution is 0.497. The Hall–Kier alpha value is -1.45. The van der Waals surface area contributed by atoms with E-state index in [1.807, 2.05) is 18.5 Å². The van der Waals surface area contributed by atoms with Crippen molar-refractivity contribution in [2.75, 3.05) is 0 Å². The van der Waals surface area contributed by atoms with E-state index in [2.05, 4.69) is 35.5 Å². The molecule has 2 aromatic rings. The largest absolute Gasteiger partial charge is 0.271 e. The lowest BCUT2D eigenvalue weighted by Gasteiger charge is -2.17. The highest BCUT2D eigenvalue weighted by Gasteiger charge is 2.12. The molecule has 1 unspecified atom stereocenters. The molecule has 3 N–H and O–H groups in total. The maximum absolute atomic E-state index is 5.66. The second-order valence-electron chi connectivity index (χ2n) is 4.31. The van der Waals surface area contributed by atoms with E-state index in [1.165, 1.54) is 22.8 Å². The summed E-state index contributed by atoms with van der Waals surface area (Å²) in [7, 11) is 0. The Labute approximate surface area is 102 Å². The van der Waals surface area contributed by atoms with Crippen molar-refractivity contribution >= 4 is 10.8 Å². The van der Waals surface area contributed by atoms with Crippen molar-refractivity contribution in [3.8, 4) is 0 Å². The topological polar surface area (TPSA) is 50.9 Å². The Morgan fingerprint density at radius 3 is 2.88 bits per heavy atom. The molecule has 0 amide bonds. The van der Waals surface area contributed by atoms with Gasteiger partial charge in [-0.05, 0) is 17.4 Å². The molecule has 1 heterocycles. The van der Waals surface area contributed by atoms with Gasteiger partial charge < -0.3 is 0 Å². The Balaban J connectivity index is 2.38. The zero-order valence-corrected chi connectivity index (χ0v) is 10.2. The number of fused-ring (bicyclic) bond motifs is 1. The average molecular weight is 229 g/mol. The first-order chi connectivity index (χ1) is 8.36. The van der Waals surface area contributed by atoms with Crippen LogP contribution in [0.3, 0.4) is 0 Å². The third-order valence-corrected chi connectivity index (χ3v) is 3.12. The first-order valence-corrected chi connectivity index (χ1v) is 6.15. The van der Waals surface area contributed by atoms with Crippen molar-refractivity contribution in [2.45, 2.75) is 32.2 Å². The minimum absolute atomic E-state index is 0.188. The fraction of sp³-hybridized carbons (Fsp3) is 0.357. The van der Waals surface area contributed by atoms with Gasteiger partial charge in [0.1, 0.15) is 0 Å². The number of hydrogen-bond donors (Lipinski definition) is 2. The van der Waals surface area contributed by atoms with E-state index in [0.717, 1.165) is 12.8 Å². The second kappa shape index (κ2) is 5.75. The number of nitrogens with one attached hydrogen (secondary N) is 1. The van der Waals surface area contributed by atoms with Gasteiger partial charge in [0.05, 0.1) is 0 Å². The average Bonchev–Trinajstić information content (AvgIpc) is 2.40. The summed E-state index contributed by atoms with van der Waals surface area (Å²) in [6.45, 7) is 2.19. The number of hydrogen-bond acceptors (Lipinski definition) is 3. The molecule has 1 aromatic heterocycles. The zero-order valence-electron chi connectivity index (χ0n) is 10.2. The molecule has 0 fully saturated rings. The first-order valence-electron chi connectivity index (χ1n) is 6.15. The van der Waals surface area contributed by atoms with Crippen molar-refractivity contribution in [1.29, 1.82) is 0 Å². The number of nitrogens with zero attached hydrogens (tertiary/aromatic N) is 1. The van der Waals surface area contributed by atoms with E-state index in [-0.39, 0.29) is 6.04 Å². The van der Waals surface area contributed by atoms with E-state index < -0.39 is 0 Å². The molecule has 3 nitrogen and oxygen atoms in total. The quantitative estimate of drug-likeness (QED) is 0.612. The highest BCUT2D eigenvalue weighted by Crippen LogP contribution is 2.25. The van der Waals surface area contributed by atoms with Crippen molar-refractivity contribution in [1.82, 2.24) is 10.4 Å². The fourth-order valence-electron chi connectivity index (χ4n) is 2.15. The molecule has 0 spiro atoms. The molecule has 0 aliphatic heterocycles. The van der Waals surface area contributed by atoms with Crippen LogP contribution in [-0.2, 0) is 0 Å². The monoisotopic (exact) mass is 229 g/mol. The molecular weight excluding hydrogens is 210 g/mol. The SMILES string of the molecule is CCCCC(NN)c1cncc2ccccc12. The van der Waals surface area contributed by atoms with Gasteiger partial charge in [0.15, 0.2) is 0 Å². The van der Waals surface area contributed by atoms with E-state index in [0.29, 0.717) is 0 Å². The van der Waals surface area contributed by atoms with E-state index in [1.54, 1.807) is 0 Å². The van der Waals surface area contributed by atoms with Crippen LogP contribution >= 0.6 is 0 Å². The highest BCUT2D eigenvalue weighted by atomic mass is 15.2. The fourth-order valence-corrected chi connectivity index (χ4v) is 2.15. The molecule has 0 saturated carbocycles. The summed E-state index contributed by atoms with van der Waals surface area (Å²) in [6.07, 6.45) is 7.20. The Morgan fingerprint density at radius 1 is 1.29 bits per heavy atom. The summed E-state index contributed by atoms with van der Waals surface area (Å²) < 4.78 is 0. The molecule has 1 aromatic carbocycles. The van der Waals surface area contributed by atoms with Crippen LogP contribution in [0.15, 0.2) is 36.7 Å². The van der Waals surface area contributed by atoms with Crippen LogP contribution in [0.2, 0.25) is 0 Å². The predicted octanol–water partition coefficient (Wildman–Crippen LogP) is 2.93. The zero-order chi connectivity index (χ0) is 12.1. The van der Waals surface area contributed by atoms with Crippen LogP contribution in [-0.4, -0.2) is 4.98 Å². The lowest BCUT2D eigenvalue weighted by Crippen LogP contribution is -2.28. The molecule has 0 bridgehead atoms. The summed E-state index contributed by atoms with van der Waals surface area (Å²) in [4.78, 5) is 4.29. The third kappa shape index (κ3) is 2.62. The summed E-state index contributed by atoms with van der Waals surface area (Å²) in [5.74, 6) is 5.66. The van der Waals surface area contributed by atoms with Gasteiger partial charge in [-0.25, -0.2) is 0 Å². The van der Waals surface area contributed by atoms with E-state index in [9.17, 15) is 0 Å². The van der Waals surface area contributed by atoms with Crippen molar-refractivity contribution < 1.29 is 0 Å². The van der Waals surface area contributed by atoms with Gasteiger partial charge >= 0.3 is 0 Å². The van der Waals surface area contributed by atoms with Crippen molar-refractivity contribution in [2.24, 2.45) is 5.84 Å². The summed E-state index contributed by atoms with van der Waals surface area (Å²) in [6, 6.07) is 8.49. The van der Waals surface area contributed by atoms with Crippen LogP contribution in [0.1, 0.15) is 37.8 Å². The van der Waals surface area contributed by atoms with Gasteiger partial charge in [-0.1, -0.05) is 44.0 Å². The number of aromatic nitrogens is 1. The Morgan fingerprint density at radius 2 is 2.12 bits per heavy atom. The highest BCUT2D eigenvalue weighted by molar-refractivity contribution is 5.85. The molecule has 2 rings (SSSR count). The maximum Gasteiger partial charge on any atom is 0.0481 e. The Kier molecular flexibility index (Phi) is 4.07. The smallest absolute Gasteiger partial charge is 0.0481 e. The molecule has 90 valence electrons. The number of hydrazine groups is 1. The number of rotatable bonds is 5. The second-order valence-corrected chi connectivity index (χ2v) is 4.31. The molecule has 0 aliphatic rings. The van der Waals surface area contributed by atoms with Gasteiger partial charge in [0.25, 0.3) is 0 Å². The Bertz CT molecular complexity index is 476. The van der Waals surface area contributed by atoms with Crippen LogP contribution in [0.4, 0.5) is 0 Å². The normalized spacial score (nSPS) is 12.8. The van der Waals surface area contributed by atoms with Crippen LogP contribution in [0.25, 0.3) is 10.8 Å². The molecule has 17 heavy (non-hydrogen) atoms. The number of nitrogens with two attached hydrogens (primary N) is 1. The minimum Gasteiger partial charge on any atom is -0.271 e. The van der Waals surface area contributed by atoms with Gasteiger partial charge in [-0.2, -0.15) is 0 Å². The first kappa shape index (κ1) is 12.0. The lowest BCUT2D eigenvalue weighted by atomic mass is 9.98. The van der Waals surface area contributed by atoms with Crippen LogP contribution in [0, 0.1) is 0 Å². The van der Waals surface area contributed by atoms with Gasteiger partial charge in [0.2, 0.25) is 0 Å². The van der Waals surface area contributed by atoms with E-state index in [4.69, 9.17) is 5.84 Å². The van der Waals surface area contributed by atoms with Crippen molar-refractivity contribution in [3.05, 3.63) is 42.2 Å². The molecule has 0 saturated heterocycles. The van der Waals surface area contributed by atoms with E-state index >= 15 is 0 Å². The molecule has 0 aliphatic carbocycles. The number of benzene rings is 1. The standard InChI is InChI=1S/C14H19N3/c1-2-3-8-14(17-15)13-10-16-9-11-6-4-5-7-12(11)13/h4-7,9-10,14,17H,2-3,8,15H2,1H3. The third-order valence-electron chi connectivity index (χ3n) is 3.12. The molecule has 3 heteroatoms.